The quantitative estimate of drug-likeness (QED) is 0.349. The molecule has 0 unspecified atom stereocenters. The summed E-state index contributed by atoms with van der Waals surface area (Å²) in [6.45, 7) is 2.06. The fourth-order valence-corrected chi connectivity index (χ4v) is 5.38. The second-order valence-electron chi connectivity index (χ2n) is 9.41. The van der Waals surface area contributed by atoms with Crippen molar-refractivity contribution >= 4 is 23.6 Å². The highest BCUT2D eigenvalue weighted by Gasteiger charge is 2.32. The molecule has 0 aromatic heterocycles. The predicted octanol–water partition coefficient (Wildman–Crippen LogP) is 5.93. The van der Waals surface area contributed by atoms with E-state index >= 15 is 0 Å². The lowest BCUT2D eigenvalue weighted by Gasteiger charge is -2.32. The van der Waals surface area contributed by atoms with Crippen LogP contribution in [0.4, 0.5) is 4.39 Å². The Morgan fingerprint density at radius 2 is 1.64 bits per heavy atom. The fourth-order valence-electron chi connectivity index (χ4n) is 4.59. The second-order valence-corrected chi connectivity index (χ2v) is 10.5. The molecule has 3 aromatic rings. The molecule has 0 aliphatic heterocycles. The molecule has 6 heteroatoms. The van der Waals surface area contributed by atoms with Gasteiger partial charge >= 0.3 is 0 Å². The molecule has 4 rings (SSSR count). The number of rotatable bonds is 10. The van der Waals surface area contributed by atoms with Crippen LogP contribution in [0, 0.1) is 12.7 Å². The molecule has 36 heavy (non-hydrogen) atoms. The van der Waals surface area contributed by atoms with Crippen molar-refractivity contribution in [3.05, 3.63) is 101 Å². The maximum Gasteiger partial charge on any atom is 0.243 e. The van der Waals surface area contributed by atoms with Crippen LogP contribution in [0.5, 0.6) is 0 Å². The third-order valence-electron chi connectivity index (χ3n) is 6.65. The lowest BCUT2D eigenvalue weighted by Crippen LogP contribution is -2.52. The number of benzene rings is 3. The number of amides is 2. The summed E-state index contributed by atoms with van der Waals surface area (Å²) >= 11 is 1.43. The molecule has 4 nitrogen and oxygen atoms in total. The summed E-state index contributed by atoms with van der Waals surface area (Å²) < 4.78 is 14.7. The average molecular weight is 505 g/mol. The predicted molar refractivity (Wildman–Crippen MR) is 143 cm³/mol. The minimum Gasteiger partial charge on any atom is -0.352 e. The number of aryl methyl sites for hydroxylation is 1. The number of halogens is 1. The largest absolute Gasteiger partial charge is 0.352 e. The van der Waals surface area contributed by atoms with Crippen LogP contribution in [-0.4, -0.2) is 34.6 Å². The lowest BCUT2D eigenvalue weighted by molar-refractivity contribution is -0.139. The first-order valence-electron chi connectivity index (χ1n) is 12.6. The Balaban J connectivity index is 1.61. The molecule has 2 amide bonds. The molecule has 3 aromatic carbocycles. The van der Waals surface area contributed by atoms with E-state index in [-0.39, 0.29) is 36.0 Å². The van der Waals surface area contributed by atoms with Crippen molar-refractivity contribution in [1.29, 1.82) is 0 Å². The summed E-state index contributed by atoms with van der Waals surface area (Å²) in [7, 11) is 0. The van der Waals surface area contributed by atoms with Gasteiger partial charge in [0.05, 0.1) is 5.75 Å². The van der Waals surface area contributed by atoms with Gasteiger partial charge in [-0.05, 0) is 43.5 Å². The van der Waals surface area contributed by atoms with Gasteiger partial charge in [-0.3, -0.25) is 9.59 Å². The Hall–Kier alpha value is -3.12. The molecule has 0 radical (unpaired) electrons. The highest BCUT2D eigenvalue weighted by molar-refractivity contribution is 8.00. The van der Waals surface area contributed by atoms with Crippen molar-refractivity contribution < 1.29 is 14.0 Å². The van der Waals surface area contributed by atoms with Crippen molar-refractivity contribution in [2.75, 3.05) is 5.75 Å². The molecular weight excluding hydrogens is 471 g/mol. The SMILES string of the molecule is Cc1ccc(SCC(=O)N(Cc2ccccc2F)[C@H](Cc2ccccc2)C(=O)NC2CCCC2)cc1. The summed E-state index contributed by atoms with van der Waals surface area (Å²) in [6, 6.07) is 23.6. The van der Waals surface area contributed by atoms with Crippen LogP contribution in [-0.2, 0) is 22.6 Å². The topological polar surface area (TPSA) is 49.4 Å². The number of nitrogens with zero attached hydrogens (tertiary/aromatic N) is 1. The standard InChI is InChI=1S/C30H33FN2O2S/c1-22-15-17-26(18-16-22)36-21-29(34)33(20-24-11-5-8-14-27(24)31)28(19-23-9-3-2-4-10-23)30(35)32-25-12-6-7-13-25/h2-5,8-11,14-18,25,28H,6-7,12-13,19-21H2,1H3,(H,32,35)/t28-/m1/s1. The van der Waals surface area contributed by atoms with E-state index in [9.17, 15) is 14.0 Å². The molecule has 0 heterocycles. The Labute approximate surface area is 217 Å². The molecule has 0 bridgehead atoms. The van der Waals surface area contributed by atoms with Crippen molar-refractivity contribution in [1.82, 2.24) is 10.2 Å². The molecule has 1 fully saturated rings. The number of carbonyl (C=O) groups excluding carboxylic acids is 2. The zero-order valence-electron chi connectivity index (χ0n) is 20.7. The van der Waals surface area contributed by atoms with Gasteiger partial charge in [0.2, 0.25) is 11.8 Å². The Kier molecular flexibility index (Phi) is 9.17. The Morgan fingerprint density at radius 3 is 2.33 bits per heavy atom. The van der Waals surface area contributed by atoms with Crippen molar-refractivity contribution in [2.24, 2.45) is 0 Å². The maximum absolute atomic E-state index is 14.7. The van der Waals surface area contributed by atoms with Crippen LogP contribution < -0.4 is 5.32 Å². The van der Waals surface area contributed by atoms with Crippen LogP contribution in [0.25, 0.3) is 0 Å². The van der Waals surface area contributed by atoms with E-state index in [1.807, 2.05) is 61.5 Å². The number of thioether (sulfide) groups is 1. The monoisotopic (exact) mass is 504 g/mol. The molecule has 1 saturated carbocycles. The van der Waals surface area contributed by atoms with Gasteiger partial charge in [-0.1, -0.05) is 79.1 Å². The first-order valence-corrected chi connectivity index (χ1v) is 13.5. The first-order chi connectivity index (χ1) is 17.5. The van der Waals surface area contributed by atoms with Crippen molar-refractivity contribution in [3.8, 4) is 0 Å². The van der Waals surface area contributed by atoms with Gasteiger partial charge in [-0.25, -0.2) is 4.39 Å². The van der Waals surface area contributed by atoms with Crippen LogP contribution in [0.15, 0.2) is 83.8 Å². The minimum atomic E-state index is -0.737. The summed E-state index contributed by atoms with van der Waals surface area (Å²) in [5.74, 6) is -0.572. The second kappa shape index (κ2) is 12.7. The van der Waals surface area contributed by atoms with E-state index in [1.165, 1.54) is 17.8 Å². The van der Waals surface area contributed by atoms with E-state index in [0.717, 1.165) is 41.7 Å². The maximum atomic E-state index is 14.7. The van der Waals surface area contributed by atoms with Crippen LogP contribution in [0.2, 0.25) is 0 Å². The van der Waals surface area contributed by atoms with E-state index in [0.29, 0.717) is 12.0 Å². The zero-order chi connectivity index (χ0) is 25.3. The minimum absolute atomic E-state index is 0.0373. The van der Waals surface area contributed by atoms with Crippen LogP contribution in [0.1, 0.15) is 42.4 Å². The van der Waals surface area contributed by atoms with E-state index in [1.54, 1.807) is 23.1 Å². The number of hydrogen-bond acceptors (Lipinski definition) is 3. The van der Waals surface area contributed by atoms with E-state index in [4.69, 9.17) is 0 Å². The third-order valence-corrected chi connectivity index (χ3v) is 7.65. The van der Waals surface area contributed by atoms with Crippen LogP contribution in [0.3, 0.4) is 0 Å². The highest BCUT2D eigenvalue weighted by Crippen LogP contribution is 2.23. The smallest absolute Gasteiger partial charge is 0.243 e. The molecule has 0 spiro atoms. The highest BCUT2D eigenvalue weighted by atomic mass is 32.2. The molecule has 1 aliphatic carbocycles. The van der Waals surface area contributed by atoms with Crippen LogP contribution >= 0.6 is 11.8 Å². The first kappa shape index (κ1) is 26.0. The van der Waals surface area contributed by atoms with Gasteiger partial charge in [0.1, 0.15) is 11.9 Å². The molecular formula is C30H33FN2O2S. The molecule has 0 saturated heterocycles. The van der Waals surface area contributed by atoms with Gasteiger partial charge in [0.15, 0.2) is 0 Å². The van der Waals surface area contributed by atoms with Gasteiger partial charge in [0.25, 0.3) is 0 Å². The lowest BCUT2D eigenvalue weighted by atomic mass is 10.0. The molecule has 188 valence electrons. The summed E-state index contributed by atoms with van der Waals surface area (Å²) in [4.78, 5) is 29.9. The Morgan fingerprint density at radius 1 is 0.972 bits per heavy atom. The Bertz CT molecular complexity index is 1150. The van der Waals surface area contributed by atoms with Crippen molar-refractivity contribution in [2.45, 2.75) is 62.6 Å². The third kappa shape index (κ3) is 7.20. The summed E-state index contributed by atoms with van der Waals surface area (Å²) in [5, 5.41) is 3.18. The average Bonchev–Trinajstić information content (AvgIpc) is 3.40. The summed E-state index contributed by atoms with van der Waals surface area (Å²) in [6.07, 6.45) is 4.47. The van der Waals surface area contributed by atoms with E-state index < -0.39 is 6.04 Å². The van der Waals surface area contributed by atoms with Gasteiger partial charge in [0, 0.05) is 29.5 Å². The van der Waals surface area contributed by atoms with Gasteiger partial charge in [-0.2, -0.15) is 0 Å². The van der Waals surface area contributed by atoms with Gasteiger partial charge in [-0.15, -0.1) is 11.8 Å². The fraction of sp³-hybridized carbons (Fsp3) is 0.333. The summed E-state index contributed by atoms with van der Waals surface area (Å²) in [5.41, 5.74) is 2.51. The molecule has 1 aliphatic rings. The van der Waals surface area contributed by atoms with E-state index in [2.05, 4.69) is 5.32 Å². The van der Waals surface area contributed by atoms with Gasteiger partial charge < -0.3 is 10.2 Å². The zero-order valence-corrected chi connectivity index (χ0v) is 21.5. The number of carbonyl (C=O) groups is 2. The molecule has 1 N–H and O–H groups in total. The number of hydrogen-bond donors (Lipinski definition) is 1. The number of nitrogens with one attached hydrogen (secondary N) is 1. The van der Waals surface area contributed by atoms with Crippen molar-refractivity contribution in [3.63, 3.8) is 0 Å². The molecule has 1 atom stereocenters. The normalized spacial score (nSPS) is 14.4.